The van der Waals surface area contributed by atoms with Gasteiger partial charge >= 0.3 is 0 Å². The van der Waals surface area contributed by atoms with E-state index in [1.54, 1.807) is 23.7 Å². The van der Waals surface area contributed by atoms with Gasteiger partial charge in [0.1, 0.15) is 0 Å². The summed E-state index contributed by atoms with van der Waals surface area (Å²) in [6, 6.07) is 11.6. The smallest absolute Gasteiger partial charge is 0.224 e. The molecule has 0 saturated carbocycles. The molecule has 1 N–H and O–H groups in total. The molecular formula is C18H17N3OS. The number of thiazole rings is 1. The first-order valence-corrected chi connectivity index (χ1v) is 8.30. The molecule has 5 heteroatoms. The van der Waals surface area contributed by atoms with Crippen molar-refractivity contribution in [3.05, 3.63) is 64.7 Å². The molecule has 0 atom stereocenters. The van der Waals surface area contributed by atoms with Gasteiger partial charge in [-0.05, 0) is 30.7 Å². The third kappa shape index (κ3) is 4.02. The molecule has 0 bridgehead atoms. The Morgan fingerprint density at radius 3 is 2.74 bits per heavy atom. The topological polar surface area (TPSA) is 54.9 Å². The number of nitrogens with zero attached hydrogens (tertiary/aromatic N) is 2. The van der Waals surface area contributed by atoms with Crippen molar-refractivity contribution in [2.24, 2.45) is 0 Å². The van der Waals surface area contributed by atoms with Gasteiger partial charge in [0, 0.05) is 41.9 Å². The van der Waals surface area contributed by atoms with Crippen molar-refractivity contribution in [3.8, 4) is 11.3 Å². The highest BCUT2D eigenvalue weighted by atomic mass is 32.1. The molecule has 0 saturated heterocycles. The summed E-state index contributed by atoms with van der Waals surface area (Å²) in [7, 11) is 0. The summed E-state index contributed by atoms with van der Waals surface area (Å²) < 4.78 is 0. The third-order valence-electron chi connectivity index (χ3n) is 3.51. The van der Waals surface area contributed by atoms with Crippen LogP contribution in [0, 0.1) is 6.92 Å². The maximum atomic E-state index is 12.1. The summed E-state index contributed by atoms with van der Waals surface area (Å²) in [5, 5.41) is 5.94. The normalized spacial score (nSPS) is 10.5. The van der Waals surface area contributed by atoms with Crippen molar-refractivity contribution in [1.82, 2.24) is 9.97 Å². The average Bonchev–Trinajstić information content (AvgIpc) is 3.05. The Morgan fingerprint density at radius 2 is 1.96 bits per heavy atom. The van der Waals surface area contributed by atoms with Crippen LogP contribution < -0.4 is 5.32 Å². The number of nitrogens with one attached hydrogen (secondary N) is 1. The molecule has 1 aromatic carbocycles. The van der Waals surface area contributed by atoms with Crippen molar-refractivity contribution >= 4 is 22.9 Å². The van der Waals surface area contributed by atoms with Crippen LogP contribution in [0.4, 0.5) is 5.69 Å². The van der Waals surface area contributed by atoms with E-state index in [2.05, 4.69) is 15.3 Å². The molecular weight excluding hydrogens is 306 g/mol. The Morgan fingerprint density at radius 1 is 1.17 bits per heavy atom. The molecule has 0 spiro atoms. The van der Waals surface area contributed by atoms with Crippen molar-refractivity contribution in [2.75, 3.05) is 5.32 Å². The number of anilines is 1. The highest BCUT2D eigenvalue weighted by Gasteiger charge is 2.08. The molecule has 0 aliphatic rings. The molecule has 0 fully saturated rings. The highest BCUT2D eigenvalue weighted by molar-refractivity contribution is 7.09. The van der Waals surface area contributed by atoms with Crippen LogP contribution in [0.2, 0.25) is 0 Å². The fraction of sp³-hybridized carbons (Fsp3) is 0.167. The van der Waals surface area contributed by atoms with Crippen molar-refractivity contribution in [2.45, 2.75) is 19.8 Å². The van der Waals surface area contributed by atoms with E-state index in [9.17, 15) is 4.79 Å². The summed E-state index contributed by atoms with van der Waals surface area (Å²) in [6.45, 7) is 1.98. The lowest BCUT2D eigenvalue weighted by Crippen LogP contribution is -2.13. The fourth-order valence-corrected chi connectivity index (χ4v) is 3.03. The molecule has 1 amide bonds. The summed E-state index contributed by atoms with van der Waals surface area (Å²) >= 11 is 1.58. The summed E-state index contributed by atoms with van der Waals surface area (Å²) in [4.78, 5) is 20.7. The van der Waals surface area contributed by atoms with Gasteiger partial charge in [0.25, 0.3) is 0 Å². The number of hydrogen-bond acceptors (Lipinski definition) is 4. The summed E-state index contributed by atoms with van der Waals surface area (Å²) in [5.74, 6) is 0.0139. The number of rotatable bonds is 5. The zero-order valence-corrected chi connectivity index (χ0v) is 13.6. The lowest BCUT2D eigenvalue weighted by Gasteiger charge is -2.07. The van der Waals surface area contributed by atoms with Gasteiger partial charge < -0.3 is 5.32 Å². The van der Waals surface area contributed by atoms with Gasteiger partial charge in [0.2, 0.25) is 5.91 Å². The lowest BCUT2D eigenvalue weighted by molar-refractivity contribution is -0.116. The zero-order chi connectivity index (χ0) is 16.1. The second-order valence-corrected chi connectivity index (χ2v) is 6.17. The number of hydrogen-bond donors (Lipinski definition) is 1. The number of amides is 1. The van der Waals surface area contributed by atoms with Crippen molar-refractivity contribution < 1.29 is 4.79 Å². The molecule has 3 rings (SSSR count). The van der Waals surface area contributed by atoms with E-state index >= 15 is 0 Å². The molecule has 2 heterocycles. The SMILES string of the molecule is Cc1ccccc1NC(=O)CCc1nc(-c2ccncc2)cs1. The number of benzene rings is 1. The molecule has 2 aromatic heterocycles. The van der Waals surface area contributed by atoms with E-state index in [4.69, 9.17) is 0 Å². The van der Waals surface area contributed by atoms with Crippen LogP contribution in [-0.4, -0.2) is 15.9 Å². The number of aromatic nitrogens is 2. The number of carbonyl (C=O) groups is 1. The highest BCUT2D eigenvalue weighted by Crippen LogP contribution is 2.22. The van der Waals surface area contributed by atoms with Crippen LogP contribution >= 0.6 is 11.3 Å². The van der Waals surface area contributed by atoms with Crippen LogP contribution in [-0.2, 0) is 11.2 Å². The van der Waals surface area contributed by atoms with E-state index in [0.717, 1.165) is 27.5 Å². The largest absolute Gasteiger partial charge is 0.326 e. The molecule has 0 unspecified atom stereocenters. The van der Waals surface area contributed by atoms with Gasteiger partial charge in [-0.1, -0.05) is 18.2 Å². The molecule has 23 heavy (non-hydrogen) atoms. The van der Waals surface area contributed by atoms with E-state index in [1.807, 2.05) is 48.7 Å². The van der Waals surface area contributed by atoms with Gasteiger partial charge in [-0.3, -0.25) is 9.78 Å². The van der Waals surface area contributed by atoms with Gasteiger partial charge in [-0.2, -0.15) is 0 Å². The van der Waals surface area contributed by atoms with Gasteiger partial charge in [-0.15, -0.1) is 11.3 Å². The quantitative estimate of drug-likeness (QED) is 0.769. The average molecular weight is 323 g/mol. The molecule has 3 aromatic rings. The standard InChI is InChI=1S/C18H17N3OS/c1-13-4-2-3-5-15(13)20-17(22)6-7-18-21-16(12-23-18)14-8-10-19-11-9-14/h2-5,8-12H,6-7H2,1H3,(H,20,22). The second kappa shape index (κ2) is 7.15. The Balaban J connectivity index is 1.58. The molecule has 0 radical (unpaired) electrons. The predicted octanol–water partition coefficient (Wildman–Crippen LogP) is 4.08. The van der Waals surface area contributed by atoms with Crippen LogP contribution in [0.15, 0.2) is 54.2 Å². The van der Waals surface area contributed by atoms with Crippen LogP contribution in [0.3, 0.4) is 0 Å². The first-order chi connectivity index (χ1) is 11.2. The Bertz CT molecular complexity index is 799. The molecule has 0 aliphatic carbocycles. The lowest BCUT2D eigenvalue weighted by atomic mass is 10.2. The van der Waals surface area contributed by atoms with Gasteiger partial charge in [-0.25, -0.2) is 4.98 Å². The summed E-state index contributed by atoms with van der Waals surface area (Å²) in [6.07, 6.45) is 4.58. The van der Waals surface area contributed by atoms with E-state index in [0.29, 0.717) is 12.8 Å². The zero-order valence-electron chi connectivity index (χ0n) is 12.8. The van der Waals surface area contributed by atoms with E-state index in [1.165, 1.54) is 0 Å². The van der Waals surface area contributed by atoms with Gasteiger partial charge in [0.15, 0.2) is 0 Å². The first kappa shape index (κ1) is 15.4. The minimum atomic E-state index is 0.0139. The monoisotopic (exact) mass is 323 g/mol. The summed E-state index contributed by atoms with van der Waals surface area (Å²) in [5.41, 5.74) is 3.92. The third-order valence-corrected chi connectivity index (χ3v) is 4.42. The Labute approximate surface area is 139 Å². The fourth-order valence-electron chi connectivity index (χ4n) is 2.23. The molecule has 4 nitrogen and oxygen atoms in total. The van der Waals surface area contributed by atoms with Crippen molar-refractivity contribution in [1.29, 1.82) is 0 Å². The van der Waals surface area contributed by atoms with E-state index < -0.39 is 0 Å². The van der Waals surface area contributed by atoms with E-state index in [-0.39, 0.29) is 5.91 Å². The molecule has 116 valence electrons. The Kier molecular flexibility index (Phi) is 4.78. The minimum absolute atomic E-state index is 0.0139. The van der Waals surface area contributed by atoms with Crippen LogP contribution in [0.5, 0.6) is 0 Å². The Hall–Kier alpha value is -2.53. The molecule has 0 aliphatic heterocycles. The second-order valence-electron chi connectivity index (χ2n) is 5.23. The minimum Gasteiger partial charge on any atom is -0.326 e. The predicted molar refractivity (Wildman–Crippen MR) is 93.5 cm³/mol. The van der Waals surface area contributed by atoms with Crippen LogP contribution in [0.25, 0.3) is 11.3 Å². The van der Waals surface area contributed by atoms with Gasteiger partial charge in [0.05, 0.1) is 10.7 Å². The number of carbonyl (C=O) groups excluding carboxylic acids is 1. The first-order valence-electron chi connectivity index (χ1n) is 7.42. The number of para-hydroxylation sites is 1. The number of pyridine rings is 1. The van der Waals surface area contributed by atoms with Crippen molar-refractivity contribution in [3.63, 3.8) is 0 Å². The maximum absolute atomic E-state index is 12.1. The van der Waals surface area contributed by atoms with Crippen LogP contribution in [0.1, 0.15) is 17.0 Å². The maximum Gasteiger partial charge on any atom is 0.224 e. The number of aryl methyl sites for hydroxylation is 2.